The smallest absolute Gasteiger partial charge is 0.406 e. The number of rotatable bonds is 2. The zero-order valence-corrected chi connectivity index (χ0v) is 9.93. The van der Waals surface area contributed by atoms with Gasteiger partial charge in [-0.25, -0.2) is 0 Å². The number of alkyl halides is 3. The quantitative estimate of drug-likeness (QED) is 0.869. The van der Waals surface area contributed by atoms with E-state index in [4.69, 9.17) is 5.11 Å². The first-order chi connectivity index (χ1) is 7.63. The van der Waals surface area contributed by atoms with E-state index in [1.807, 2.05) is 20.8 Å². The molecule has 0 aliphatic carbocycles. The maximum absolute atomic E-state index is 12.0. The Morgan fingerprint density at radius 1 is 1.18 bits per heavy atom. The monoisotopic (exact) mass is 248 g/mol. The van der Waals surface area contributed by atoms with Gasteiger partial charge in [0.05, 0.1) is 6.61 Å². The highest BCUT2D eigenvalue weighted by Crippen LogP contribution is 2.31. The predicted octanol–water partition coefficient (Wildman–Crippen LogP) is 3.38. The minimum atomic E-state index is -4.71. The Balaban J connectivity index is 3.09. The zero-order valence-electron chi connectivity index (χ0n) is 9.93. The molecule has 0 saturated heterocycles. The second kappa shape index (κ2) is 4.56. The van der Waals surface area contributed by atoms with E-state index in [0.29, 0.717) is 5.56 Å². The molecular formula is C12H15F3O2. The van der Waals surface area contributed by atoms with Gasteiger partial charge >= 0.3 is 6.36 Å². The molecule has 1 rings (SSSR count). The number of ether oxygens (including phenoxy) is 1. The largest absolute Gasteiger partial charge is 0.573 e. The third-order valence-electron chi connectivity index (χ3n) is 2.29. The van der Waals surface area contributed by atoms with E-state index < -0.39 is 6.36 Å². The number of hydrogen-bond donors (Lipinski definition) is 1. The predicted molar refractivity (Wildman–Crippen MR) is 57.7 cm³/mol. The molecule has 2 nitrogen and oxygen atoms in total. The van der Waals surface area contributed by atoms with Crippen molar-refractivity contribution in [3.8, 4) is 5.75 Å². The molecule has 0 amide bonds. The van der Waals surface area contributed by atoms with Crippen LogP contribution in [-0.4, -0.2) is 11.5 Å². The summed E-state index contributed by atoms with van der Waals surface area (Å²) >= 11 is 0. The molecule has 0 fully saturated rings. The molecule has 0 saturated carbocycles. The maximum Gasteiger partial charge on any atom is 0.573 e. The average molecular weight is 248 g/mol. The van der Waals surface area contributed by atoms with E-state index in [0.717, 1.165) is 5.56 Å². The molecule has 17 heavy (non-hydrogen) atoms. The van der Waals surface area contributed by atoms with Crippen LogP contribution in [0.4, 0.5) is 13.2 Å². The topological polar surface area (TPSA) is 29.5 Å². The highest BCUT2D eigenvalue weighted by atomic mass is 19.4. The third kappa shape index (κ3) is 3.93. The lowest BCUT2D eigenvalue weighted by atomic mass is 9.84. The summed E-state index contributed by atoms with van der Waals surface area (Å²) in [6, 6.07) is 4.02. The fourth-order valence-electron chi connectivity index (χ4n) is 1.63. The van der Waals surface area contributed by atoms with Crippen LogP contribution in [0.1, 0.15) is 31.9 Å². The van der Waals surface area contributed by atoms with Gasteiger partial charge < -0.3 is 9.84 Å². The van der Waals surface area contributed by atoms with Gasteiger partial charge in [-0.1, -0.05) is 26.8 Å². The summed E-state index contributed by atoms with van der Waals surface area (Å²) in [5, 5.41) is 9.17. The molecule has 0 aromatic heterocycles. The van der Waals surface area contributed by atoms with Crippen LogP contribution in [0.25, 0.3) is 0 Å². The second-order valence-electron chi connectivity index (χ2n) is 4.77. The first kappa shape index (κ1) is 13.8. The Bertz CT molecular complexity index is 392. The van der Waals surface area contributed by atoms with Crippen molar-refractivity contribution in [2.75, 3.05) is 0 Å². The lowest BCUT2D eigenvalue weighted by Crippen LogP contribution is -2.18. The normalized spacial score (nSPS) is 12.6. The Morgan fingerprint density at radius 2 is 1.76 bits per heavy atom. The van der Waals surface area contributed by atoms with Gasteiger partial charge in [0.15, 0.2) is 0 Å². The van der Waals surface area contributed by atoms with Gasteiger partial charge in [-0.3, -0.25) is 0 Å². The van der Waals surface area contributed by atoms with Crippen molar-refractivity contribution in [1.82, 2.24) is 0 Å². The molecule has 1 aromatic rings. The summed E-state index contributed by atoms with van der Waals surface area (Å²) in [6.45, 7) is 5.45. The molecular weight excluding hydrogens is 233 g/mol. The first-order valence-corrected chi connectivity index (χ1v) is 5.13. The average Bonchev–Trinajstić information content (AvgIpc) is 2.13. The Kier molecular flexibility index (Phi) is 3.71. The lowest BCUT2D eigenvalue weighted by Gasteiger charge is -2.23. The van der Waals surface area contributed by atoms with Crippen molar-refractivity contribution in [3.05, 3.63) is 29.3 Å². The second-order valence-corrected chi connectivity index (χ2v) is 4.77. The van der Waals surface area contributed by atoms with Gasteiger partial charge in [0.25, 0.3) is 0 Å². The molecule has 96 valence electrons. The summed E-state index contributed by atoms with van der Waals surface area (Å²) in [6.07, 6.45) is -4.71. The van der Waals surface area contributed by atoms with E-state index in [-0.39, 0.29) is 17.8 Å². The highest BCUT2D eigenvalue weighted by Gasteiger charge is 2.31. The minimum absolute atomic E-state index is 0.241. The Hall–Kier alpha value is -1.23. The van der Waals surface area contributed by atoms with Crippen molar-refractivity contribution in [1.29, 1.82) is 0 Å². The molecule has 0 bridgehead atoms. The van der Waals surface area contributed by atoms with Gasteiger partial charge in [0, 0.05) is 0 Å². The highest BCUT2D eigenvalue weighted by molar-refractivity contribution is 5.39. The van der Waals surface area contributed by atoms with Crippen LogP contribution in [0, 0.1) is 0 Å². The molecule has 1 aromatic carbocycles. The molecule has 0 unspecified atom stereocenters. The lowest BCUT2D eigenvalue weighted by molar-refractivity contribution is -0.274. The molecule has 0 atom stereocenters. The molecule has 0 spiro atoms. The minimum Gasteiger partial charge on any atom is -0.406 e. The Labute approximate surface area is 98.0 Å². The van der Waals surface area contributed by atoms with Crippen molar-refractivity contribution >= 4 is 0 Å². The van der Waals surface area contributed by atoms with Gasteiger partial charge in [-0.05, 0) is 28.7 Å². The van der Waals surface area contributed by atoms with Crippen molar-refractivity contribution in [2.24, 2.45) is 0 Å². The first-order valence-electron chi connectivity index (χ1n) is 5.13. The van der Waals surface area contributed by atoms with Gasteiger partial charge in [-0.15, -0.1) is 13.2 Å². The van der Waals surface area contributed by atoms with Gasteiger partial charge in [0.1, 0.15) is 5.75 Å². The molecule has 0 aliphatic heterocycles. The summed E-state index contributed by atoms with van der Waals surface area (Å²) in [5.41, 5.74) is 1.00. The van der Waals surface area contributed by atoms with E-state index in [1.165, 1.54) is 12.1 Å². The number of halogens is 3. The fourth-order valence-corrected chi connectivity index (χ4v) is 1.63. The molecule has 1 N–H and O–H groups in total. The number of aliphatic hydroxyl groups excluding tert-OH is 1. The summed E-state index contributed by atoms with van der Waals surface area (Å²) in [7, 11) is 0. The van der Waals surface area contributed by atoms with Crippen LogP contribution in [-0.2, 0) is 12.0 Å². The number of benzene rings is 1. The van der Waals surface area contributed by atoms with E-state index in [1.54, 1.807) is 6.07 Å². The fraction of sp³-hybridized carbons (Fsp3) is 0.500. The molecule has 5 heteroatoms. The van der Waals surface area contributed by atoms with E-state index >= 15 is 0 Å². The number of hydrogen-bond acceptors (Lipinski definition) is 2. The summed E-state index contributed by atoms with van der Waals surface area (Å²) < 4.78 is 39.9. The molecule has 0 heterocycles. The number of aliphatic hydroxyl groups is 1. The van der Waals surface area contributed by atoms with Crippen molar-refractivity contribution in [3.63, 3.8) is 0 Å². The summed E-state index contributed by atoms with van der Waals surface area (Å²) in [4.78, 5) is 0. The van der Waals surface area contributed by atoms with Crippen LogP contribution in [0.2, 0.25) is 0 Å². The molecule has 0 aliphatic rings. The summed E-state index contributed by atoms with van der Waals surface area (Å²) in [5.74, 6) is -0.311. The van der Waals surface area contributed by atoms with Crippen LogP contribution in [0.3, 0.4) is 0 Å². The van der Waals surface area contributed by atoms with Crippen LogP contribution < -0.4 is 4.74 Å². The molecule has 0 radical (unpaired) electrons. The Morgan fingerprint density at radius 3 is 2.18 bits per heavy atom. The SMILES string of the molecule is CC(C)(C)c1ccc(OC(F)(F)F)cc1CO. The van der Waals surface area contributed by atoms with Crippen LogP contribution in [0.5, 0.6) is 5.75 Å². The standard InChI is InChI=1S/C12H15F3O2/c1-11(2,3)10-5-4-9(6-8(10)7-16)17-12(13,14)15/h4-6,16H,7H2,1-3H3. The van der Waals surface area contributed by atoms with Crippen molar-refractivity contribution < 1.29 is 23.0 Å². The van der Waals surface area contributed by atoms with E-state index in [9.17, 15) is 13.2 Å². The van der Waals surface area contributed by atoms with Crippen LogP contribution in [0.15, 0.2) is 18.2 Å². The van der Waals surface area contributed by atoms with Gasteiger partial charge in [-0.2, -0.15) is 0 Å². The zero-order chi connectivity index (χ0) is 13.3. The maximum atomic E-state index is 12.0. The van der Waals surface area contributed by atoms with Gasteiger partial charge in [0.2, 0.25) is 0 Å². The van der Waals surface area contributed by atoms with Crippen molar-refractivity contribution in [2.45, 2.75) is 39.2 Å². The third-order valence-corrected chi connectivity index (χ3v) is 2.29. The van der Waals surface area contributed by atoms with Crippen LogP contribution >= 0.6 is 0 Å². The van der Waals surface area contributed by atoms with E-state index in [2.05, 4.69) is 4.74 Å².